The molecule has 2 aromatic carbocycles. The van der Waals surface area contributed by atoms with E-state index in [1.54, 1.807) is 12.1 Å². The molecule has 1 atom stereocenters. The highest BCUT2D eigenvalue weighted by molar-refractivity contribution is 6.76. The van der Waals surface area contributed by atoms with Crippen LogP contribution in [0, 0.1) is 11.6 Å². The van der Waals surface area contributed by atoms with E-state index in [0.717, 1.165) is 18.2 Å². The van der Waals surface area contributed by atoms with Gasteiger partial charge in [-0.25, -0.2) is 8.78 Å². The van der Waals surface area contributed by atoms with Gasteiger partial charge in [-0.2, -0.15) is 0 Å². The zero-order chi connectivity index (χ0) is 27.6. The van der Waals surface area contributed by atoms with Gasteiger partial charge < -0.3 is 15.0 Å². The van der Waals surface area contributed by atoms with Crippen LogP contribution in [0.2, 0.25) is 35.7 Å². The fraction of sp³-hybridized carbons (Fsp3) is 0.296. The standard InChI is InChI=1S/C27H27Cl2F2N3O3Si/c1-38(2,3)10-9-37-15-19-26-18(5-4-8-32-26)25-22(31)11-16(28)12-23(25)34(27(19)36)14-24(35)33-17-6-7-20(29)21(30)13-17/h4-8,11-13,19H,9-10,14-15H2,1-3H3,(H,33,35). The lowest BCUT2D eigenvalue weighted by molar-refractivity contribution is -0.123. The van der Waals surface area contributed by atoms with Crippen molar-refractivity contribution in [3.63, 3.8) is 0 Å². The van der Waals surface area contributed by atoms with Gasteiger partial charge in [-0.1, -0.05) is 48.9 Å². The summed E-state index contributed by atoms with van der Waals surface area (Å²) in [5, 5.41) is 2.54. The number of aromatic nitrogens is 1. The predicted octanol–water partition coefficient (Wildman–Crippen LogP) is 6.76. The second kappa shape index (κ2) is 11.5. The molecule has 0 aliphatic carbocycles. The van der Waals surface area contributed by atoms with Crippen molar-refractivity contribution in [2.45, 2.75) is 31.6 Å². The number of carbonyl (C=O) groups is 2. The van der Waals surface area contributed by atoms with Gasteiger partial charge >= 0.3 is 0 Å². The molecule has 0 bridgehead atoms. The molecule has 4 rings (SSSR count). The van der Waals surface area contributed by atoms with E-state index in [9.17, 15) is 14.0 Å². The smallest absolute Gasteiger partial charge is 0.244 e. The second-order valence-electron chi connectivity index (χ2n) is 10.3. The van der Waals surface area contributed by atoms with Crippen LogP contribution in [-0.2, 0) is 14.3 Å². The Bertz CT molecular complexity index is 1380. The third kappa shape index (κ3) is 6.40. The van der Waals surface area contributed by atoms with Gasteiger partial charge in [0.1, 0.15) is 24.1 Å². The number of carbonyl (C=O) groups excluding carboxylic acids is 2. The molecule has 1 aliphatic rings. The fourth-order valence-corrected chi connectivity index (χ4v) is 5.25. The first-order valence-electron chi connectivity index (χ1n) is 12.0. The molecule has 11 heteroatoms. The number of pyridine rings is 1. The van der Waals surface area contributed by atoms with Crippen LogP contribution in [0.3, 0.4) is 0 Å². The normalized spacial score (nSPS) is 15.1. The lowest BCUT2D eigenvalue weighted by Crippen LogP contribution is -2.41. The molecule has 0 radical (unpaired) electrons. The van der Waals surface area contributed by atoms with E-state index in [0.29, 0.717) is 17.9 Å². The van der Waals surface area contributed by atoms with Gasteiger partial charge in [-0.05, 0) is 42.4 Å². The molecule has 0 saturated heterocycles. The molecular formula is C27H27Cl2F2N3O3Si. The minimum absolute atomic E-state index is 0.0111. The van der Waals surface area contributed by atoms with E-state index in [2.05, 4.69) is 29.9 Å². The highest BCUT2D eigenvalue weighted by atomic mass is 35.5. The number of nitrogens with one attached hydrogen (secondary N) is 1. The number of nitrogens with zero attached hydrogens (tertiary/aromatic N) is 2. The number of ether oxygens (including phenoxy) is 1. The summed E-state index contributed by atoms with van der Waals surface area (Å²) in [6.07, 6.45) is 1.53. The molecule has 200 valence electrons. The zero-order valence-electron chi connectivity index (χ0n) is 21.2. The van der Waals surface area contributed by atoms with Crippen LogP contribution >= 0.6 is 23.2 Å². The third-order valence-electron chi connectivity index (χ3n) is 6.11. The fourth-order valence-electron chi connectivity index (χ4n) is 4.18. The van der Waals surface area contributed by atoms with Crippen LogP contribution < -0.4 is 10.2 Å². The summed E-state index contributed by atoms with van der Waals surface area (Å²) < 4.78 is 35.2. The van der Waals surface area contributed by atoms with Gasteiger partial charge in [-0.3, -0.25) is 14.6 Å². The Labute approximate surface area is 230 Å². The molecule has 6 nitrogen and oxygen atoms in total. The zero-order valence-corrected chi connectivity index (χ0v) is 23.7. The maximum absolute atomic E-state index is 15.4. The number of hydrogen-bond donors (Lipinski definition) is 1. The van der Waals surface area contributed by atoms with Crippen molar-refractivity contribution >= 4 is 54.5 Å². The van der Waals surface area contributed by atoms with Crippen molar-refractivity contribution in [3.05, 3.63) is 76.0 Å². The molecule has 2 heterocycles. The van der Waals surface area contributed by atoms with Crippen molar-refractivity contribution in [1.29, 1.82) is 0 Å². The number of fused-ring (bicyclic) bond motifs is 3. The quantitative estimate of drug-likeness (QED) is 0.237. The van der Waals surface area contributed by atoms with Crippen molar-refractivity contribution < 1.29 is 23.1 Å². The highest BCUT2D eigenvalue weighted by Crippen LogP contribution is 2.43. The number of anilines is 2. The third-order valence-corrected chi connectivity index (χ3v) is 8.34. The van der Waals surface area contributed by atoms with Crippen LogP contribution in [0.5, 0.6) is 0 Å². The van der Waals surface area contributed by atoms with E-state index < -0.39 is 44.0 Å². The Hall–Kier alpha value is -2.85. The van der Waals surface area contributed by atoms with Gasteiger partial charge in [0.05, 0.1) is 23.0 Å². The molecule has 0 saturated carbocycles. The topological polar surface area (TPSA) is 71.5 Å². The molecule has 1 N–H and O–H groups in total. The van der Waals surface area contributed by atoms with Crippen molar-refractivity contribution in [3.8, 4) is 11.1 Å². The van der Waals surface area contributed by atoms with Gasteiger partial charge in [0.25, 0.3) is 0 Å². The summed E-state index contributed by atoms with van der Waals surface area (Å²) in [5.74, 6) is -3.36. The Morgan fingerprint density at radius 2 is 1.89 bits per heavy atom. The van der Waals surface area contributed by atoms with E-state index >= 15 is 4.39 Å². The van der Waals surface area contributed by atoms with Gasteiger partial charge in [-0.15, -0.1) is 0 Å². The average molecular weight is 579 g/mol. The van der Waals surface area contributed by atoms with E-state index in [-0.39, 0.29) is 33.6 Å². The van der Waals surface area contributed by atoms with E-state index in [1.807, 2.05) is 0 Å². The largest absolute Gasteiger partial charge is 0.381 e. The first-order valence-corrected chi connectivity index (χ1v) is 16.5. The number of amides is 2. The SMILES string of the molecule is C[Si](C)(C)CCOCC1C(=O)N(CC(=O)Nc2ccc(Cl)c(F)c2)c2cc(Cl)cc(F)c2-c2cccnc21. The number of halogens is 4. The minimum Gasteiger partial charge on any atom is -0.381 e. The molecule has 1 unspecified atom stereocenters. The van der Waals surface area contributed by atoms with Gasteiger partial charge in [0, 0.05) is 42.7 Å². The first kappa shape index (κ1) is 28.2. The molecule has 38 heavy (non-hydrogen) atoms. The molecule has 1 aromatic heterocycles. The van der Waals surface area contributed by atoms with Crippen LogP contribution in [0.4, 0.5) is 20.2 Å². The average Bonchev–Trinajstić information content (AvgIpc) is 2.92. The Morgan fingerprint density at radius 3 is 2.61 bits per heavy atom. The van der Waals surface area contributed by atoms with Crippen LogP contribution in [0.15, 0.2) is 48.7 Å². The summed E-state index contributed by atoms with van der Waals surface area (Å²) >= 11 is 11.9. The summed E-state index contributed by atoms with van der Waals surface area (Å²) in [6.45, 7) is 6.67. The second-order valence-corrected chi connectivity index (χ2v) is 16.7. The first-order chi connectivity index (χ1) is 17.9. The maximum Gasteiger partial charge on any atom is 0.244 e. The number of rotatable bonds is 8. The van der Waals surface area contributed by atoms with Crippen molar-refractivity contribution in [2.75, 3.05) is 30.0 Å². The molecule has 0 spiro atoms. The summed E-state index contributed by atoms with van der Waals surface area (Å²) in [6, 6.07) is 10.7. The summed E-state index contributed by atoms with van der Waals surface area (Å²) in [7, 11) is -1.38. The molecule has 0 fully saturated rings. The Morgan fingerprint density at radius 1 is 1.13 bits per heavy atom. The van der Waals surface area contributed by atoms with Gasteiger partial charge in [0.2, 0.25) is 11.8 Å². The maximum atomic E-state index is 15.4. The molecule has 3 aromatic rings. The Balaban J connectivity index is 1.71. The van der Waals surface area contributed by atoms with Crippen LogP contribution in [0.1, 0.15) is 11.6 Å². The number of benzene rings is 2. The van der Waals surface area contributed by atoms with Crippen LogP contribution in [-0.4, -0.2) is 44.6 Å². The van der Waals surface area contributed by atoms with Crippen molar-refractivity contribution in [2.24, 2.45) is 0 Å². The van der Waals surface area contributed by atoms with E-state index in [1.165, 1.54) is 29.3 Å². The molecule has 2 amide bonds. The summed E-state index contributed by atoms with van der Waals surface area (Å²) in [4.78, 5) is 32.6. The lowest BCUT2D eigenvalue weighted by Gasteiger charge is -2.26. The number of hydrogen-bond acceptors (Lipinski definition) is 4. The summed E-state index contributed by atoms with van der Waals surface area (Å²) in [5.41, 5.74) is 1.19. The van der Waals surface area contributed by atoms with Crippen molar-refractivity contribution in [1.82, 2.24) is 4.98 Å². The lowest BCUT2D eigenvalue weighted by atomic mass is 9.96. The van der Waals surface area contributed by atoms with Gasteiger partial charge in [0.15, 0.2) is 0 Å². The minimum atomic E-state index is -1.38. The van der Waals surface area contributed by atoms with Crippen LogP contribution in [0.25, 0.3) is 11.1 Å². The van der Waals surface area contributed by atoms with E-state index in [4.69, 9.17) is 27.9 Å². The highest BCUT2D eigenvalue weighted by Gasteiger charge is 2.37. The predicted molar refractivity (Wildman–Crippen MR) is 149 cm³/mol. The monoisotopic (exact) mass is 577 g/mol. The molecular weight excluding hydrogens is 551 g/mol. The Kier molecular flexibility index (Phi) is 8.51. The molecule has 1 aliphatic heterocycles.